The van der Waals surface area contributed by atoms with Crippen LogP contribution < -0.4 is 15.7 Å². The lowest BCUT2D eigenvalue weighted by Crippen LogP contribution is -2.30. The molecule has 1 amide bonds. The van der Waals surface area contributed by atoms with Crippen LogP contribution in [0.15, 0.2) is 29.1 Å². The summed E-state index contributed by atoms with van der Waals surface area (Å²) >= 11 is 0. The van der Waals surface area contributed by atoms with Crippen molar-refractivity contribution in [2.24, 2.45) is 0 Å². The number of anilines is 1. The van der Waals surface area contributed by atoms with Gasteiger partial charge in [0.15, 0.2) is 0 Å². The van der Waals surface area contributed by atoms with Gasteiger partial charge in [-0.25, -0.2) is 9.48 Å². The Hall–Kier alpha value is -2.78. The average molecular weight is 370 g/mol. The van der Waals surface area contributed by atoms with Crippen LogP contribution in [0.25, 0.3) is 0 Å². The lowest BCUT2D eigenvalue weighted by Gasteiger charge is -2.09. The van der Waals surface area contributed by atoms with Crippen LogP contribution in [0.1, 0.15) is 25.1 Å². The van der Waals surface area contributed by atoms with E-state index in [9.17, 15) is 22.8 Å². The number of carbonyl (C=O) groups excluding carboxylic acids is 1. The Bertz CT molecular complexity index is 840. The Balaban J connectivity index is 1.63. The molecular weight excluding hydrogens is 353 g/mol. The van der Waals surface area contributed by atoms with Crippen molar-refractivity contribution in [3.63, 3.8) is 0 Å². The summed E-state index contributed by atoms with van der Waals surface area (Å²) in [5.74, 6) is -0.205. The molecule has 0 aliphatic carbocycles. The molecule has 3 rings (SSSR count). The van der Waals surface area contributed by atoms with Crippen LogP contribution in [0.2, 0.25) is 0 Å². The van der Waals surface area contributed by atoms with Crippen molar-refractivity contribution in [2.75, 3.05) is 5.32 Å². The van der Waals surface area contributed by atoms with Crippen molar-refractivity contribution in [3.05, 3.63) is 40.6 Å². The van der Waals surface area contributed by atoms with E-state index >= 15 is 0 Å². The first kappa shape index (κ1) is 18.0. The van der Waals surface area contributed by atoms with E-state index in [1.54, 1.807) is 4.57 Å². The standard InChI is InChI=1S/C16H17F3N4O3/c17-16(18,19)26-12-7-5-11(6-8-12)20-14(24)10-23-15(25)22-9-3-1-2-4-13(22)21-23/h5-8H,1-4,9-10H2,(H,20,24). The van der Waals surface area contributed by atoms with Gasteiger partial charge in [0.2, 0.25) is 5.91 Å². The smallest absolute Gasteiger partial charge is 0.406 e. The summed E-state index contributed by atoms with van der Waals surface area (Å²) in [6.07, 6.45) is -1.18. The van der Waals surface area contributed by atoms with Gasteiger partial charge in [0.05, 0.1) is 0 Å². The fraction of sp³-hybridized carbons (Fsp3) is 0.438. The SMILES string of the molecule is O=C(Cn1nc2n(c1=O)CCCCC2)Nc1ccc(OC(F)(F)F)cc1. The molecule has 0 fully saturated rings. The molecule has 1 aromatic carbocycles. The van der Waals surface area contributed by atoms with Crippen molar-refractivity contribution in [2.45, 2.75) is 45.1 Å². The summed E-state index contributed by atoms with van der Waals surface area (Å²) in [6, 6.07) is 4.75. The third kappa shape index (κ3) is 4.44. The molecule has 1 aromatic heterocycles. The normalized spacial score (nSPS) is 14.4. The molecule has 0 saturated heterocycles. The van der Waals surface area contributed by atoms with Crippen molar-refractivity contribution in [3.8, 4) is 5.75 Å². The fourth-order valence-electron chi connectivity index (χ4n) is 2.80. The second-order valence-corrected chi connectivity index (χ2v) is 5.94. The lowest BCUT2D eigenvalue weighted by atomic mass is 10.2. The molecular formula is C16H17F3N4O3. The summed E-state index contributed by atoms with van der Waals surface area (Å²) in [5.41, 5.74) is -0.0377. The number of fused-ring (bicyclic) bond motifs is 1. The number of nitrogens with zero attached hydrogens (tertiary/aromatic N) is 3. The third-order valence-corrected chi connectivity index (χ3v) is 3.95. The number of carbonyl (C=O) groups is 1. The second-order valence-electron chi connectivity index (χ2n) is 5.94. The number of aryl methyl sites for hydroxylation is 1. The van der Waals surface area contributed by atoms with Crippen molar-refractivity contribution >= 4 is 11.6 Å². The van der Waals surface area contributed by atoms with Crippen LogP contribution in [0.3, 0.4) is 0 Å². The Morgan fingerprint density at radius 2 is 1.92 bits per heavy atom. The van der Waals surface area contributed by atoms with Gasteiger partial charge in [0, 0.05) is 18.7 Å². The van der Waals surface area contributed by atoms with Crippen molar-refractivity contribution in [1.82, 2.24) is 14.3 Å². The first-order chi connectivity index (χ1) is 12.3. The molecule has 0 bridgehead atoms. The van der Waals surface area contributed by atoms with Gasteiger partial charge < -0.3 is 10.1 Å². The maximum atomic E-state index is 12.3. The summed E-state index contributed by atoms with van der Waals surface area (Å²) in [5, 5.41) is 6.72. The number of rotatable bonds is 4. The number of amides is 1. The summed E-state index contributed by atoms with van der Waals surface area (Å²) in [7, 11) is 0. The molecule has 0 radical (unpaired) electrons. The number of alkyl halides is 3. The first-order valence-corrected chi connectivity index (χ1v) is 8.14. The maximum Gasteiger partial charge on any atom is 0.573 e. The minimum absolute atomic E-state index is 0.264. The Morgan fingerprint density at radius 3 is 2.62 bits per heavy atom. The minimum atomic E-state index is -4.77. The maximum absolute atomic E-state index is 12.3. The van der Waals surface area contributed by atoms with E-state index in [-0.39, 0.29) is 18.0 Å². The van der Waals surface area contributed by atoms with Gasteiger partial charge in [-0.3, -0.25) is 9.36 Å². The highest BCUT2D eigenvalue weighted by atomic mass is 19.4. The van der Waals surface area contributed by atoms with Gasteiger partial charge in [-0.2, -0.15) is 5.10 Å². The van der Waals surface area contributed by atoms with Gasteiger partial charge in [-0.1, -0.05) is 6.42 Å². The van der Waals surface area contributed by atoms with Gasteiger partial charge >= 0.3 is 12.1 Å². The molecule has 1 aliphatic heterocycles. The van der Waals surface area contributed by atoms with E-state index in [1.807, 2.05) is 0 Å². The van der Waals surface area contributed by atoms with Crippen LogP contribution in [0.4, 0.5) is 18.9 Å². The quantitative estimate of drug-likeness (QED) is 0.896. The van der Waals surface area contributed by atoms with Gasteiger partial charge in [-0.05, 0) is 37.1 Å². The predicted molar refractivity (Wildman–Crippen MR) is 85.8 cm³/mol. The molecule has 7 nitrogen and oxygen atoms in total. The number of ether oxygens (including phenoxy) is 1. The van der Waals surface area contributed by atoms with E-state index in [0.29, 0.717) is 24.5 Å². The number of hydrogen-bond donors (Lipinski definition) is 1. The zero-order valence-corrected chi connectivity index (χ0v) is 13.8. The van der Waals surface area contributed by atoms with Gasteiger partial charge in [-0.15, -0.1) is 13.2 Å². The largest absolute Gasteiger partial charge is 0.573 e. The van der Waals surface area contributed by atoms with Crippen LogP contribution >= 0.6 is 0 Å². The topological polar surface area (TPSA) is 78.2 Å². The van der Waals surface area contributed by atoms with E-state index in [1.165, 1.54) is 12.1 Å². The molecule has 26 heavy (non-hydrogen) atoms. The van der Waals surface area contributed by atoms with Crippen LogP contribution in [-0.2, 0) is 24.3 Å². The van der Waals surface area contributed by atoms with Crippen molar-refractivity contribution in [1.29, 1.82) is 0 Å². The first-order valence-electron chi connectivity index (χ1n) is 8.14. The van der Waals surface area contributed by atoms with E-state index < -0.39 is 12.3 Å². The average Bonchev–Trinajstić information content (AvgIpc) is 2.73. The summed E-state index contributed by atoms with van der Waals surface area (Å²) in [6.45, 7) is 0.329. The van der Waals surface area contributed by atoms with Crippen molar-refractivity contribution < 1.29 is 22.7 Å². The molecule has 2 heterocycles. The highest BCUT2D eigenvalue weighted by molar-refractivity contribution is 5.90. The second kappa shape index (κ2) is 7.22. The molecule has 10 heteroatoms. The molecule has 1 N–H and O–H groups in total. The molecule has 0 saturated carbocycles. The number of halogens is 3. The van der Waals surface area contributed by atoms with Crippen LogP contribution in [0, 0.1) is 0 Å². The molecule has 140 valence electrons. The monoisotopic (exact) mass is 370 g/mol. The van der Waals surface area contributed by atoms with E-state index in [0.717, 1.165) is 36.1 Å². The fourth-order valence-corrected chi connectivity index (χ4v) is 2.80. The van der Waals surface area contributed by atoms with Crippen LogP contribution in [-0.4, -0.2) is 26.6 Å². The lowest BCUT2D eigenvalue weighted by molar-refractivity contribution is -0.274. The summed E-state index contributed by atoms with van der Waals surface area (Å²) in [4.78, 5) is 24.4. The number of aromatic nitrogens is 3. The Kier molecular flexibility index (Phi) is 5.01. The van der Waals surface area contributed by atoms with E-state index in [4.69, 9.17) is 0 Å². The molecule has 0 atom stereocenters. The number of nitrogens with one attached hydrogen (secondary N) is 1. The molecule has 1 aliphatic rings. The molecule has 2 aromatic rings. The van der Waals surface area contributed by atoms with Gasteiger partial charge in [0.1, 0.15) is 18.1 Å². The highest BCUT2D eigenvalue weighted by Gasteiger charge is 2.31. The van der Waals surface area contributed by atoms with E-state index in [2.05, 4.69) is 15.2 Å². The van der Waals surface area contributed by atoms with Gasteiger partial charge in [0.25, 0.3) is 0 Å². The third-order valence-electron chi connectivity index (χ3n) is 3.95. The Morgan fingerprint density at radius 1 is 1.19 bits per heavy atom. The zero-order chi connectivity index (χ0) is 18.7. The summed E-state index contributed by atoms with van der Waals surface area (Å²) < 4.78 is 42.8. The number of hydrogen-bond acceptors (Lipinski definition) is 4. The molecule has 0 unspecified atom stereocenters. The number of benzene rings is 1. The predicted octanol–water partition coefficient (Wildman–Crippen LogP) is 2.31. The zero-order valence-electron chi connectivity index (χ0n) is 13.8. The highest BCUT2D eigenvalue weighted by Crippen LogP contribution is 2.23. The minimum Gasteiger partial charge on any atom is -0.406 e. The Labute approximate surface area is 146 Å². The van der Waals surface area contributed by atoms with Crippen LogP contribution in [0.5, 0.6) is 5.75 Å². The molecule has 0 spiro atoms.